The molecule has 0 aromatic carbocycles. The summed E-state index contributed by atoms with van der Waals surface area (Å²) in [4.78, 5) is 0.124. The molecule has 0 fully saturated rings. The maximum atomic E-state index is 12.1. The molecule has 0 saturated heterocycles. The Morgan fingerprint density at radius 1 is 1.38 bits per heavy atom. The number of hydrogen-bond donors (Lipinski definition) is 2. The maximum Gasteiger partial charge on any atom is 0.266 e. The molecule has 0 saturated carbocycles. The Bertz CT molecular complexity index is 637. The average Bonchev–Trinajstić information content (AvgIpc) is 3.09. The second-order valence-electron chi connectivity index (χ2n) is 4.39. The minimum atomic E-state index is -3.64. The van der Waals surface area contributed by atoms with Crippen molar-refractivity contribution in [3.8, 4) is 0 Å². The van der Waals surface area contributed by atoms with Crippen molar-refractivity contribution >= 4 is 26.5 Å². The van der Waals surface area contributed by atoms with Crippen LogP contribution in [0.4, 0.5) is 5.13 Å². The van der Waals surface area contributed by atoms with Crippen LogP contribution in [0.5, 0.6) is 0 Å². The first-order chi connectivity index (χ1) is 10.1. The van der Waals surface area contributed by atoms with E-state index in [4.69, 9.17) is 0 Å². The molecule has 0 aliphatic rings. The highest BCUT2D eigenvalue weighted by molar-refractivity contribution is 7.93. The van der Waals surface area contributed by atoms with Crippen LogP contribution in [0.3, 0.4) is 0 Å². The van der Waals surface area contributed by atoms with E-state index >= 15 is 0 Å². The van der Waals surface area contributed by atoms with Crippen LogP contribution >= 0.6 is 11.3 Å². The summed E-state index contributed by atoms with van der Waals surface area (Å²) < 4.78 is 28.2. The van der Waals surface area contributed by atoms with Gasteiger partial charge in [-0.1, -0.05) is 18.3 Å². The summed E-state index contributed by atoms with van der Waals surface area (Å²) in [5.41, 5.74) is 1.46. The second-order valence-corrected chi connectivity index (χ2v) is 6.91. The molecule has 2 heterocycles. The molecule has 2 N–H and O–H groups in total. The number of aryl methyl sites for hydroxylation is 1. The fraction of sp³-hybridized carbons (Fsp3) is 0.545. The van der Waals surface area contributed by atoms with Gasteiger partial charge in [-0.25, -0.2) is 8.42 Å². The third-order valence-electron chi connectivity index (χ3n) is 2.67. The van der Waals surface area contributed by atoms with Gasteiger partial charge in [-0.05, 0) is 25.9 Å². The summed E-state index contributed by atoms with van der Waals surface area (Å²) in [6, 6.07) is 0. The van der Waals surface area contributed by atoms with Crippen molar-refractivity contribution in [2.24, 2.45) is 0 Å². The minimum Gasteiger partial charge on any atom is -0.317 e. The highest BCUT2D eigenvalue weighted by Crippen LogP contribution is 2.16. The molecule has 116 valence electrons. The van der Waals surface area contributed by atoms with Crippen LogP contribution in [0, 0.1) is 0 Å². The Hall–Kier alpha value is -1.52. The molecule has 2 rings (SSSR count). The van der Waals surface area contributed by atoms with Gasteiger partial charge < -0.3 is 5.32 Å². The van der Waals surface area contributed by atoms with Crippen molar-refractivity contribution in [1.82, 2.24) is 25.3 Å². The molecular weight excluding hydrogens is 312 g/mol. The van der Waals surface area contributed by atoms with Crippen molar-refractivity contribution in [2.45, 2.75) is 31.2 Å². The van der Waals surface area contributed by atoms with E-state index in [1.54, 1.807) is 4.68 Å². The fourth-order valence-electron chi connectivity index (χ4n) is 1.66. The van der Waals surface area contributed by atoms with Gasteiger partial charge in [0.25, 0.3) is 10.0 Å². The first-order valence-electron chi connectivity index (χ1n) is 6.64. The lowest BCUT2D eigenvalue weighted by molar-refractivity contribution is 0.541. The molecular formula is C11H18N6O2S2. The predicted octanol–water partition coefficient (Wildman–Crippen LogP) is 0.925. The number of nitrogens with one attached hydrogen (secondary N) is 2. The molecule has 0 bridgehead atoms. The molecule has 10 heteroatoms. The molecule has 8 nitrogen and oxygen atoms in total. The van der Waals surface area contributed by atoms with E-state index in [-0.39, 0.29) is 10.0 Å². The van der Waals surface area contributed by atoms with E-state index in [2.05, 4.69) is 32.3 Å². The normalized spacial score (nSPS) is 11.7. The zero-order valence-corrected chi connectivity index (χ0v) is 13.3. The fourth-order valence-corrected chi connectivity index (χ4v) is 3.31. The first-order valence-corrected chi connectivity index (χ1v) is 9.00. The Morgan fingerprint density at radius 2 is 2.24 bits per heavy atom. The van der Waals surface area contributed by atoms with Crippen molar-refractivity contribution < 1.29 is 8.42 Å². The number of nitrogens with zero attached hydrogens (tertiary/aromatic N) is 4. The number of hydrogen-bond acceptors (Lipinski definition) is 7. The number of sulfonamides is 1. The minimum absolute atomic E-state index is 0.124. The van der Waals surface area contributed by atoms with E-state index in [0.29, 0.717) is 6.54 Å². The molecule has 0 amide bonds. The lowest BCUT2D eigenvalue weighted by Gasteiger charge is -2.03. The SMILES string of the molecule is CCCNCCCn1cc(S(=O)(=O)Nc2nncs2)cn1. The molecule has 2 aromatic heterocycles. The second kappa shape index (κ2) is 7.48. The largest absolute Gasteiger partial charge is 0.317 e. The van der Waals surface area contributed by atoms with Gasteiger partial charge in [0.1, 0.15) is 10.4 Å². The van der Waals surface area contributed by atoms with Gasteiger partial charge in [0.15, 0.2) is 0 Å². The summed E-state index contributed by atoms with van der Waals surface area (Å²) in [5, 5.41) is 14.8. The van der Waals surface area contributed by atoms with E-state index in [1.165, 1.54) is 17.9 Å². The molecule has 0 aliphatic carbocycles. The Labute approximate surface area is 127 Å². The molecule has 0 aliphatic heterocycles. The van der Waals surface area contributed by atoms with Crippen LogP contribution in [0.25, 0.3) is 0 Å². The third kappa shape index (κ3) is 4.76. The quantitative estimate of drug-likeness (QED) is 0.663. The van der Waals surface area contributed by atoms with Crippen molar-refractivity contribution in [2.75, 3.05) is 17.8 Å². The average molecular weight is 330 g/mol. The molecule has 2 aromatic rings. The summed E-state index contributed by atoms with van der Waals surface area (Å²) in [5.74, 6) is 0. The van der Waals surface area contributed by atoms with Gasteiger partial charge in [-0.2, -0.15) is 5.10 Å². The van der Waals surface area contributed by atoms with E-state index in [1.807, 2.05) is 0 Å². The van der Waals surface area contributed by atoms with Crippen molar-refractivity contribution in [1.29, 1.82) is 0 Å². The standard InChI is InChI=1S/C11H18N6O2S2/c1-2-4-12-5-3-6-17-8-10(7-14-17)21(18,19)16-11-15-13-9-20-11/h7-9,12H,2-6H2,1H3,(H,15,16). The maximum absolute atomic E-state index is 12.1. The van der Waals surface area contributed by atoms with Crippen LogP contribution in [-0.2, 0) is 16.6 Å². The highest BCUT2D eigenvalue weighted by atomic mass is 32.2. The molecule has 0 radical (unpaired) electrons. The smallest absolute Gasteiger partial charge is 0.266 e. The van der Waals surface area contributed by atoms with Gasteiger partial charge in [0.2, 0.25) is 5.13 Å². The van der Waals surface area contributed by atoms with Crippen LogP contribution in [0.1, 0.15) is 19.8 Å². The first kappa shape index (κ1) is 15.9. The Balaban J connectivity index is 1.89. The number of anilines is 1. The lowest BCUT2D eigenvalue weighted by Crippen LogP contribution is -2.17. The van der Waals surface area contributed by atoms with E-state index in [0.717, 1.165) is 37.3 Å². The number of aromatic nitrogens is 4. The molecule has 0 unspecified atom stereocenters. The van der Waals surface area contributed by atoms with Gasteiger partial charge in [-0.3, -0.25) is 9.40 Å². The van der Waals surface area contributed by atoms with Crippen molar-refractivity contribution in [3.63, 3.8) is 0 Å². The summed E-state index contributed by atoms with van der Waals surface area (Å²) in [6.45, 7) is 4.66. The lowest BCUT2D eigenvalue weighted by atomic mass is 10.4. The van der Waals surface area contributed by atoms with Crippen LogP contribution in [0.2, 0.25) is 0 Å². The summed E-state index contributed by atoms with van der Waals surface area (Å²) in [7, 11) is -3.64. The zero-order valence-electron chi connectivity index (χ0n) is 11.7. The van der Waals surface area contributed by atoms with Gasteiger partial charge in [0.05, 0.1) is 6.20 Å². The zero-order chi connectivity index (χ0) is 15.1. The van der Waals surface area contributed by atoms with Crippen LogP contribution < -0.4 is 10.0 Å². The van der Waals surface area contributed by atoms with Crippen molar-refractivity contribution in [3.05, 3.63) is 17.9 Å². The van der Waals surface area contributed by atoms with Crippen LogP contribution in [-0.4, -0.2) is 41.5 Å². The van der Waals surface area contributed by atoms with Gasteiger partial charge >= 0.3 is 0 Å². The third-order valence-corrected chi connectivity index (χ3v) is 4.70. The van der Waals surface area contributed by atoms with E-state index in [9.17, 15) is 8.42 Å². The molecule has 0 atom stereocenters. The molecule has 21 heavy (non-hydrogen) atoms. The summed E-state index contributed by atoms with van der Waals surface area (Å²) in [6.07, 6.45) is 4.85. The monoisotopic (exact) mass is 330 g/mol. The highest BCUT2D eigenvalue weighted by Gasteiger charge is 2.17. The Morgan fingerprint density at radius 3 is 2.95 bits per heavy atom. The van der Waals surface area contributed by atoms with E-state index < -0.39 is 10.0 Å². The topological polar surface area (TPSA) is 102 Å². The Kier molecular flexibility index (Phi) is 5.65. The predicted molar refractivity (Wildman–Crippen MR) is 80.7 cm³/mol. The number of rotatable bonds is 9. The summed E-state index contributed by atoms with van der Waals surface area (Å²) >= 11 is 1.12. The molecule has 0 spiro atoms. The van der Waals surface area contributed by atoms with Crippen LogP contribution in [0.15, 0.2) is 22.8 Å². The van der Waals surface area contributed by atoms with Gasteiger partial charge in [0, 0.05) is 12.7 Å². The van der Waals surface area contributed by atoms with Gasteiger partial charge in [-0.15, -0.1) is 10.2 Å².